The summed E-state index contributed by atoms with van der Waals surface area (Å²) in [5.41, 5.74) is 3.44. The van der Waals surface area contributed by atoms with E-state index >= 15 is 0 Å². The number of carbonyl (C=O) groups excluding carboxylic acids is 3. The van der Waals surface area contributed by atoms with Gasteiger partial charge in [0.1, 0.15) is 12.7 Å². The van der Waals surface area contributed by atoms with Crippen molar-refractivity contribution in [1.29, 1.82) is 0 Å². The second kappa shape index (κ2) is 6.91. The zero-order valence-electron chi connectivity index (χ0n) is 18.5. The number of carbonyl (C=O) groups is 3. The van der Waals surface area contributed by atoms with Crippen molar-refractivity contribution in [2.75, 3.05) is 24.6 Å². The van der Waals surface area contributed by atoms with E-state index in [1.165, 1.54) is 25.0 Å². The molecule has 1 aromatic carbocycles. The Labute approximate surface area is 187 Å². The summed E-state index contributed by atoms with van der Waals surface area (Å²) in [6.45, 7) is 4.91. The van der Waals surface area contributed by atoms with Crippen LogP contribution in [0.4, 0.5) is 5.69 Å². The number of ether oxygens (including phenoxy) is 2. The fraction of sp³-hybridized carbons (Fsp3) is 0.560. The average Bonchev–Trinajstić information content (AvgIpc) is 3.28. The van der Waals surface area contributed by atoms with E-state index in [9.17, 15) is 14.4 Å². The first-order chi connectivity index (χ1) is 15.4. The molecule has 1 aromatic rings. The van der Waals surface area contributed by atoms with Crippen LogP contribution in [0.25, 0.3) is 0 Å². The van der Waals surface area contributed by atoms with Gasteiger partial charge in [0.15, 0.2) is 0 Å². The fourth-order valence-electron chi connectivity index (χ4n) is 7.66. The molecule has 5 aliphatic rings. The number of esters is 2. The third kappa shape index (κ3) is 2.54. The van der Waals surface area contributed by atoms with Gasteiger partial charge in [-0.3, -0.25) is 19.3 Å². The summed E-state index contributed by atoms with van der Waals surface area (Å²) >= 11 is 0. The highest BCUT2D eigenvalue weighted by molar-refractivity contribution is 5.99. The summed E-state index contributed by atoms with van der Waals surface area (Å²) in [6.07, 6.45) is 3.80. The minimum Gasteiger partial charge on any atom is -0.462 e. The number of hydrogen-bond donors (Lipinski definition) is 0. The summed E-state index contributed by atoms with van der Waals surface area (Å²) < 4.78 is 11.1. The van der Waals surface area contributed by atoms with E-state index in [4.69, 9.17) is 9.47 Å². The van der Waals surface area contributed by atoms with Crippen LogP contribution in [0.2, 0.25) is 0 Å². The molecule has 3 saturated heterocycles. The zero-order valence-corrected chi connectivity index (χ0v) is 18.5. The van der Waals surface area contributed by atoms with E-state index in [1.807, 2.05) is 17.0 Å². The largest absolute Gasteiger partial charge is 0.462 e. The molecule has 1 saturated carbocycles. The average molecular weight is 437 g/mol. The van der Waals surface area contributed by atoms with Crippen molar-refractivity contribution in [3.63, 3.8) is 0 Å². The van der Waals surface area contributed by atoms with E-state index in [2.05, 4.69) is 23.1 Å². The number of hydrogen-bond acceptors (Lipinski definition) is 6. The van der Waals surface area contributed by atoms with E-state index in [0.717, 1.165) is 31.6 Å². The molecule has 4 fully saturated rings. The van der Waals surface area contributed by atoms with Gasteiger partial charge in [-0.25, -0.2) is 0 Å². The van der Waals surface area contributed by atoms with Crippen molar-refractivity contribution < 1.29 is 23.9 Å². The number of anilines is 1. The van der Waals surface area contributed by atoms with Gasteiger partial charge in [-0.1, -0.05) is 23.8 Å². The van der Waals surface area contributed by atoms with Gasteiger partial charge in [-0.2, -0.15) is 0 Å². The summed E-state index contributed by atoms with van der Waals surface area (Å²) in [5, 5.41) is 0. The van der Waals surface area contributed by atoms with Crippen molar-refractivity contribution in [3.8, 4) is 0 Å². The van der Waals surface area contributed by atoms with Crippen molar-refractivity contribution in [2.24, 2.45) is 11.8 Å². The van der Waals surface area contributed by atoms with Crippen LogP contribution >= 0.6 is 0 Å². The van der Waals surface area contributed by atoms with Gasteiger partial charge in [0.2, 0.25) is 5.91 Å². The molecule has 1 aliphatic carbocycles. The van der Waals surface area contributed by atoms with E-state index in [0.29, 0.717) is 6.04 Å². The lowest BCUT2D eigenvalue weighted by atomic mass is 9.53. The molecular formula is C25H28N2O5. The number of nitrogens with zero attached hydrogens (tertiary/aromatic N) is 2. The molecule has 7 nitrogen and oxygen atoms in total. The molecule has 6 unspecified atom stereocenters. The normalized spacial score (nSPS) is 37.8. The van der Waals surface area contributed by atoms with Crippen molar-refractivity contribution >= 4 is 23.5 Å². The van der Waals surface area contributed by atoms with Gasteiger partial charge in [-0.05, 0) is 43.0 Å². The highest BCUT2D eigenvalue weighted by Crippen LogP contribution is 2.65. The third-order valence-electron chi connectivity index (χ3n) is 8.51. The van der Waals surface area contributed by atoms with Gasteiger partial charge < -0.3 is 14.4 Å². The first-order valence-corrected chi connectivity index (χ1v) is 11.6. The molecule has 0 N–H and O–H groups in total. The summed E-state index contributed by atoms with van der Waals surface area (Å²) in [4.78, 5) is 41.4. The van der Waals surface area contributed by atoms with Crippen molar-refractivity contribution in [3.05, 3.63) is 41.5 Å². The number of amides is 1. The van der Waals surface area contributed by atoms with Crippen LogP contribution in [0.3, 0.4) is 0 Å². The van der Waals surface area contributed by atoms with Crippen molar-refractivity contribution in [2.45, 2.75) is 56.7 Å². The fourth-order valence-corrected chi connectivity index (χ4v) is 7.66. The van der Waals surface area contributed by atoms with Gasteiger partial charge in [0, 0.05) is 43.5 Å². The Morgan fingerprint density at radius 3 is 2.81 bits per heavy atom. The molecule has 7 heteroatoms. The molecule has 168 valence electrons. The Morgan fingerprint density at radius 2 is 2.03 bits per heavy atom. The second-order valence-electron chi connectivity index (χ2n) is 9.86. The van der Waals surface area contributed by atoms with Crippen molar-refractivity contribution in [1.82, 2.24) is 4.90 Å². The van der Waals surface area contributed by atoms with Gasteiger partial charge in [0.05, 0.1) is 12.5 Å². The SMILES string of the molecule is CC(=O)OC/C=C1\CN2CCC34c5ccccc5N5C(=O)CC(OC(C)=O)C(C1CC23)C54. The van der Waals surface area contributed by atoms with Crippen LogP contribution < -0.4 is 4.90 Å². The van der Waals surface area contributed by atoms with Gasteiger partial charge >= 0.3 is 11.9 Å². The molecule has 1 amide bonds. The first kappa shape index (κ1) is 20.0. The van der Waals surface area contributed by atoms with Crippen LogP contribution in [-0.2, 0) is 29.3 Å². The quantitative estimate of drug-likeness (QED) is 0.534. The maximum atomic E-state index is 13.4. The van der Waals surface area contributed by atoms with Crippen LogP contribution in [-0.4, -0.2) is 60.6 Å². The lowest BCUT2D eigenvalue weighted by Gasteiger charge is -2.59. The number of fused-ring (bicyclic) bond motifs is 4. The number of benzene rings is 1. The minimum atomic E-state index is -0.428. The minimum absolute atomic E-state index is 0.0170. The number of piperidine rings is 2. The summed E-state index contributed by atoms with van der Waals surface area (Å²) in [6, 6.07) is 8.71. The predicted octanol–water partition coefficient (Wildman–Crippen LogP) is 2.19. The first-order valence-electron chi connectivity index (χ1n) is 11.6. The molecular weight excluding hydrogens is 408 g/mol. The highest BCUT2D eigenvalue weighted by Gasteiger charge is 2.70. The standard InChI is InChI=1S/C25H28N2O5/c1-14(28)31-10-7-16-13-26-9-8-25-18-5-3-4-6-19(18)27-22(30)12-20(32-15(2)29)23(24(25)27)17(16)11-21(25)26/h3-7,17,20-21,23-24H,8-13H2,1-2H3/b16-7+. The lowest BCUT2D eigenvalue weighted by Crippen LogP contribution is -2.69. The molecule has 6 atom stereocenters. The number of para-hydroxylation sites is 1. The van der Waals surface area contributed by atoms with Crippen LogP contribution in [0.15, 0.2) is 35.9 Å². The molecule has 4 aliphatic heterocycles. The third-order valence-corrected chi connectivity index (χ3v) is 8.51. The molecule has 2 bridgehead atoms. The summed E-state index contributed by atoms with van der Waals surface area (Å²) in [7, 11) is 0. The Bertz CT molecular complexity index is 1050. The monoisotopic (exact) mass is 436 g/mol. The Kier molecular flexibility index (Phi) is 4.31. The van der Waals surface area contributed by atoms with Gasteiger partial charge in [0.25, 0.3) is 0 Å². The molecule has 4 heterocycles. The molecule has 0 radical (unpaired) electrons. The van der Waals surface area contributed by atoms with Crippen LogP contribution in [0.1, 0.15) is 38.7 Å². The highest BCUT2D eigenvalue weighted by atomic mass is 16.5. The Balaban J connectivity index is 1.50. The molecule has 32 heavy (non-hydrogen) atoms. The maximum Gasteiger partial charge on any atom is 0.302 e. The molecule has 0 aromatic heterocycles. The Morgan fingerprint density at radius 1 is 1.22 bits per heavy atom. The lowest BCUT2D eigenvalue weighted by molar-refractivity contribution is -0.158. The second-order valence-corrected chi connectivity index (χ2v) is 9.86. The maximum absolute atomic E-state index is 13.4. The van der Waals surface area contributed by atoms with Crippen LogP contribution in [0, 0.1) is 11.8 Å². The van der Waals surface area contributed by atoms with Gasteiger partial charge in [-0.15, -0.1) is 0 Å². The van der Waals surface area contributed by atoms with E-state index < -0.39 is 6.10 Å². The topological polar surface area (TPSA) is 76.2 Å². The predicted molar refractivity (Wildman–Crippen MR) is 116 cm³/mol. The molecule has 1 spiro atoms. The van der Waals surface area contributed by atoms with E-state index in [1.54, 1.807) is 0 Å². The summed E-state index contributed by atoms with van der Waals surface area (Å²) in [5.74, 6) is -0.359. The van der Waals surface area contributed by atoms with E-state index in [-0.39, 0.29) is 54.2 Å². The van der Waals surface area contributed by atoms with Crippen LogP contribution in [0.5, 0.6) is 0 Å². The Hall–Kier alpha value is -2.67. The smallest absolute Gasteiger partial charge is 0.302 e. The number of rotatable bonds is 3. The molecule has 6 rings (SSSR count). The zero-order chi connectivity index (χ0) is 22.2.